The number of carbonyl (C=O) groups excluding carboxylic acids is 1. The van der Waals surface area contributed by atoms with Crippen molar-refractivity contribution in [2.75, 3.05) is 5.32 Å². The molecule has 2 N–H and O–H groups in total. The molecule has 11 heteroatoms. The number of aromatic nitrogens is 2. The fraction of sp³-hybridized carbons (Fsp3) is 0.391. The third-order valence-electron chi connectivity index (χ3n) is 6.26. The predicted molar refractivity (Wildman–Crippen MR) is 119 cm³/mol. The van der Waals surface area contributed by atoms with Crippen LogP contribution in [0.3, 0.4) is 0 Å². The third kappa shape index (κ3) is 4.68. The molecule has 0 radical (unpaired) electrons. The van der Waals surface area contributed by atoms with Crippen molar-refractivity contribution < 1.29 is 26.7 Å². The Kier molecular flexibility index (Phi) is 6.46. The van der Waals surface area contributed by atoms with Gasteiger partial charge in [-0.25, -0.2) is 13.8 Å². The van der Waals surface area contributed by atoms with E-state index < -0.39 is 35.7 Å². The summed E-state index contributed by atoms with van der Waals surface area (Å²) in [5.74, 6) is -3.26. The van der Waals surface area contributed by atoms with E-state index >= 15 is 0 Å². The molecule has 0 atom stereocenters. The molecule has 182 valence electrons. The zero-order chi connectivity index (χ0) is 24.8. The second kappa shape index (κ2) is 9.05. The van der Waals surface area contributed by atoms with Gasteiger partial charge in [0.25, 0.3) is 5.91 Å². The van der Waals surface area contributed by atoms with E-state index in [-0.39, 0.29) is 53.4 Å². The van der Waals surface area contributed by atoms with Gasteiger partial charge in [0.1, 0.15) is 5.82 Å². The number of nitrogens with zero attached hydrogens (tertiary/aromatic N) is 2. The molecule has 1 fully saturated rings. The lowest BCUT2D eigenvalue weighted by Crippen LogP contribution is -2.40. The molecular formula is C23H22ClF5N4O. The van der Waals surface area contributed by atoms with Crippen LogP contribution in [0, 0.1) is 24.5 Å². The predicted octanol–water partition coefficient (Wildman–Crippen LogP) is 6.41. The normalized spacial score (nSPS) is 18.8. The van der Waals surface area contributed by atoms with Crippen LogP contribution in [0.4, 0.5) is 33.6 Å². The van der Waals surface area contributed by atoms with Gasteiger partial charge >= 0.3 is 6.18 Å². The molecule has 1 aromatic heterocycles. The van der Waals surface area contributed by atoms with Crippen molar-refractivity contribution >= 4 is 40.2 Å². The minimum Gasteiger partial charge on any atom is -0.349 e. The summed E-state index contributed by atoms with van der Waals surface area (Å²) < 4.78 is 69.4. The van der Waals surface area contributed by atoms with Crippen LogP contribution < -0.4 is 10.6 Å². The van der Waals surface area contributed by atoms with E-state index in [4.69, 9.17) is 11.6 Å². The van der Waals surface area contributed by atoms with Gasteiger partial charge < -0.3 is 15.2 Å². The van der Waals surface area contributed by atoms with Crippen molar-refractivity contribution in [1.82, 2.24) is 14.9 Å². The van der Waals surface area contributed by atoms with E-state index in [1.807, 2.05) is 0 Å². The molecule has 1 saturated carbocycles. The Morgan fingerprint density at radius 2 is 1.82 bits per heavy atom. The summed E-state index contributed by atoms with van der Waals surface area (Å²) in [5, 5.41) is 5.59. The lowest BCUT2D eigenvalue weighted by atomic mass is 9.85. The largest absolute Gasteiger partial charge is 0.391 e. The molecule has 0 saturated heterocycles. The van der Waals surface area contributed by atoms with Crippen LogP contribution in [0.2, 0.25) is 5.02 Å². The number of rotatable bonds is 4. The summed E-state index contributed by atoms with van der Waals surface area (Å²) in [6.07, 6.45) is -4.07. The Bertz CT molecular complexity index is 1250. The Balaban J connectivity index is 1.55. The number of anilines is 2. The average molecular weight is 501 g/mol. The molecular weight excluding hydrogens is 479 g/mol. The van der Waals surface area contributed by atoms with E-state index in [1.165, 1.54) is 22.8 Å². The van der Waals surface area contributed by atoms with Crippen molar-refractivity contribution in [3.63, 3.8) is 0 Å². The van der Waals surface area contributed by atoms with Gasteiger partial charge in [0.05, 0.1) is 33.2 Å². The topological polar surface area (TPSA) is 59.0 Å². The third-order valence-corrected chi connectivity index (χ3v) is 6.58. The number of hydrogen-bond acceptors (Lipinski definition) is 3. The minimum absolute atomic E-state index is 0.0213. The maximum absolute atomic E-state index is 14.8. The molecule has 34 heavy (non-hydrogen) atoms. The van der Waals surface area contributed by atoms with Crippen molar-refractivity contribution in [3.05, 3.63) is 52.0 Å². The number of benzene rings is 2. The van der Waals surface area contributed by atoms with E-state index in [9.17, 15) is 26.7 Å². The van der Waals surface area contributed by atoms with Crippen molar-refractivity contribution in [3.8, 4) is 0 Å². The highest BCUT2D eigenvalue weighted by atomic mass is 35.5. The van der Waals surface area contributed by atoms with Crippen LogP contribution in [-0.2, 0) is 7.05 Å². The molecule has 1 aliphatic rings. The number of alkyl halides is 3. The highest BCUT2D eigenvalue weighted by Crippen LogP contribution is 2.37. The van der Waals surface area contributed by atoms with Crippen LogP contribution in [0.5, 0.6) is 0 Å². The highest BCUT2D eigenvalue weighted by molar-refractivity contribution is 6.33. The van der Waals surface area contributed by atoms with Crippen molar-refractivity contribution in [1.29, 1.82) is 0 Å². The molecule has 5 nitrogen and oxygen atoms in total. The fourth-order valence-electron chi connectivity index (χ4n) is 4.21. The molecule has 3 aromatic rings. The molecule has 4 rings (SSSR count). The quantitative estimate of drug-likeness (QED) is 0.407. The first-order valence-electron chi connectivity index (χ1n) is 10.7. The molecule has 0 spiro atoms. The SMILES string of the molecule is Cc1ccc(Cl)c(Nc2nc3cc(C(=O)NC4CCC(C(F)(F)F)CC4)c(F)cc3n2C)c1F. The summed E-state index contributed by atoms with van der Waals surface area (Å²) in [7, 11) is 1.59. The van der Waals surface area contributed by atoms with Gasteiger partial charge in [0.15, 0.2) is 5.82 Å². The molecule has 0 unspecified atom stereocenters. The standard InChI is InChI=1S/C23H22ClF5N4O/c1-11-3-8-15(24)20(19(11)26)32-22-31-17-9-14(16(25)10-18(17)33(22)2)21(34)30-13-6-4-12(5-7-13)23(27,28)29/h3,8-10,12-13H,4-7H2,1-2H3,(H,30,34)(H,31,32). The summed E-state index contributed by atoms with van der Waals surface area (Å²) in [5.41, 5.74) is 0.760. The van der Waals surface area contributed by atoms with Gasteiger partial charge in [0, 0.05) is 19.2 Å². The van der Waals surface area contributed by atoms with Crippen LogP contribution in [0.1, 0.15) is 41.6 Å². The highest BCUT2D eigenvalue weighted by Gasteiger charge is 2.41. The average Bonchev–Trinajstić information content (AvgIpc) is 3.07. The first kappa shape index (κ1) is 24.3. The number of fused-ring (bicyclic) bond motifs is 1. The van der Waals surface area contributed by atoms with Gasteiger partial charge in [0.2, 0.25) is 5.95 Å². The Labute approximate surface area is 197 Å². The zero-order valence-corrected chi connectivity index (χ0v) is 19.1. The first-order valence-corrected chi connectivity index (χ1v) is 11.1. The fourth-order valence-corrected chi connectivity index (χ4v) is 4.40. The number of carbonyl (C=O) groups is 1. The summed E-state index contributed by atoms with van der Waals surface area (Å²) >= 11 is 6.11. The molecule has 0 aliphatic heterocycles. The van der Waals surface area contributed by atoms with Gasteiger partial charge in [-0.05, 0) is 50.3 Å². The van der Waals surface area contributed by atoms with Gasteiger partial charge in [-0.1, -0.05) is 17.7 Å². The van der Waals surface area contributed by atoms with Gasteiger partial charge in [-0.2, -0.15) is 13.2 Å². The van der Waals surface area contributed by atoms with Gasteiger partial charge in [-0.3, -0.25) is 4.79 Å². The van der Waals surface area contributed by atoms with Crippen molar-refractivity contribution in [2.24, 2.45) is 13.0 Å². The number of halogens is 6. The molecule has 0 bridgehead atoms. The monoisotopic (exact) mass is 500 g/mol. The summed E-state index contributed by atoms with van der Waals surface area (Å²) in [6.45, 7) is 1.58. The minimum atomic E-state index is -4.25. The van der Waals surface area contributed by atoms with E-state index in [0.29, 0.717) is 11.1 Å². The maximum atomic E-state index is 14.8. The van der Waals surface area contributed by atoms with E-state index in [0.717, 1.165) is 6.07 Å². The smallest absolute Gasteiger partial charge is 0.349 e. The number of amides is 1. The zero-order valence-electron chi connectivity index (χ0n) is 18.4. The second-order valence-corrected chi connectivity index (χ2v) is 8.96. The van der Waals surface area contributed by atoms with Crippen LogP contribution >= 0.6 is 11.6 Å². The Hall–Kier alpha value is -2.88. The van der Waals surface area contributed by atoms with Crippen molar-refractivity contribution in [2.45, 2.75) is 44.8 Å². The number of nitrogens with one attached hydrogen (secondary N) is 2. The lowest BCUT2D eigenvalue weighted by molar-refractivity contribution is -0.182. The van der Waals surface area contributed by atoms with Crippen LogP contribution in [0.25, 0.3) is 11.0 Å². The summed E-state index contributed by atoms with van der Waals surface area (Å²) in [6, 6.07) is 5.01. The number of imidazole rings is 1. The summed E-state index contributed by atoms with van der Waals surface area (Å²) in [4.78, 5) is 17.0. The second-order valence-electron chi connectivity index (χ2n) is 8.56. The Morgan fingerprint density at radius 1 is 1.15 bits per heavy atom. The first-order chi connectivity index (χ1) is 16.0. The molecule has 1 heterocycles. The Morgan fingerprint density at radius 3 is 2.47 bits per heavy atom. The van der Waals surface area contributed by atoms with Crippen LogP contribution in [-0.4, -0.2) is 27.7 Å². The number of aryl methyl sites for hydroxylation is 2. The maximum Gasteiger partial charge on any atom is 0.391 e. The number of hydrogen-bond donors (Lipinski definition) is 2. The van der Waals surface area contributed by atoms with Crippen LogP contribution in [0.15, 0.2) is 24.3 Å². The lowest BCUT2D eigenvalue weighted by Gasteiger charge is -2.30. The van der Waals surface area contributed by atoms with E-state index in [2.05, 4.69) is 15.6 Å². The molecule has 2 aromatic carbocycles. The van der Waals surface area contributed by atoms with E-state index in [1.54, 1.807) is 14.0 Å². The van der Waals surface area contributed by atoms with Gasteiger partial charge in [-0.15, -0.1) is 0 Å². The molecule has 1 amide bonds. The molecule has 1 aliphatic carbocycles.